The van der Waals surface area contributed by atoms with Crippen molar-refractivity contribution in [1.82, 2.24) is 4.90 Å². The Kier molecular flexibility index (Phi) is 5.51. The minimum atomic E-state index is -0.219. The van der Waals surface area contributed by atoms with Crippen molar-refractivity contribution < 1.29 is 9.59 Å². The van der Waals surface area contributed by atoms with Crippen LogP contribution < -0.4 is 4.90 Å². The summed E-state index contributed by atoms with van der Waals surface area (Å²) in [5.41, 5.74) is 3.14. The van der Waals surface area contributed by atoms with Crippen LogP contribution in [-0.4, -0.2) is 29.1 Å². The number of rotatable bonds is 4. The third-order valence-corrected chi connectivity index (χ3v) is 6.90. The largest absolute Gasteiger partial charge is 0.372 e. The molecule has 2 aliphatic heterocycles. The summed E-state index contributed by atoms with van der Waals surface area (Å²) in [4.78, 5) is 29.8. The average Bonchev–Trinajstić information content (AvgIpc) is 3.08. The Morgan fingerprint density at radius 1 is 0.839 bits per heavy atom. The van der Waals surface area contributed by atoms with Crippen molar-refractivity contribution in [3.63, 3.8) is 0 Å². The number of imide groups is 1. The van der Waals surface area contributed by atoms with Crippen LogP contribution in [0.25, 0.3) is 16.8 Å². The van der Waals surface area contributed by atoms with Gasteiger partial charge in [-0.05, 0) is 71.1 Å². The van der Waals surface area contributed by atoms with Crippen molar-refractivity contribution in [2.75, 3.05) is 18.0 Å². The number of benzene rings is 3. The molecule has 0 aromatic heterocycles. The number of piperidine rings is 1. The molecule has 0 aliphatic carbocycles. The molecule has 0 unspecified atom stereocenters. The summed E-state index contributed by atoms with van der Waals surface area (Å²) < 4.78 is 0. The lowest BCUT2D eigenvalue weighted by molar-refractivity contribution is -0.123. The normalized spacial score (nSPS) is 18.4. The standard InChI is InChI=1S/C26H24N2O2S/c29-25-24(17-19-11-13-22(14-12-19)27-15-4-1-5-16-27)31-26(30)28(25)18-21-9-6-8-20-7-2-3-10-23(20)21/h2-3,6-14,17H,1,4-5,15-16,18H2/b24-17+. The summed E-state index contributed by atoms with van der Waals surface area (Å²) >= 11 is 1.02. The quantitative estimate of drug-likeness (QED) is 0.473. The Morgan fingerprint density at radius 3 is 2.39 bits per heavy atom. The van der Waals surface area contributed by atoms with Gasteiger partial charge in [-0.2, -0.15) is 0 Å². The van der Waals surface area contributed by atoms with Crippen molar-refractivity contribution in [3.8, 4) is 0 Å². The molecular weight excluding hydrogens is 404 g/mol. The molecule has 2 heterocycles. The number of thioether (sulfide) groups is 1. The molecule has 2 amide bonds. The SMILES string of the molecule is O=C1S/C(=C/c2ccc(N3CCCCC3)cc2)C(=O)N1Cc1cccc2ccccc12. The molecule has 0 radical (unpaired) electrons. The molecular formula is C26H24N2O2S. The van der Waals surface area contributed by atoms with Crippen LogP contribution in [-0.2, 0) is 11.3 Å². The summed E-state index contributed by atoms with van der Waals surface area (Å²) in [6.45, 7) is 2.50. The number of amides is 2. The zero-order valence-corrected chi connectivity index (χ0v) is 18.1. The van der Waals surface area contributed by atoms with Gasteiger partial charge in [0, 0.05) is 18.8 Å². The smallest absolute Gasteiger partial charge is 0.293 e. The van der Waals surface area contributed by atoms with Gasteiger partial charge in [0.25, 0.3) is 11.1 Å². The van der Waals surface area contributed by atoms with Crippen LogP contribution in [0.4, 0.5) is 10.5 Å². The molecule has 0 bridgehead atoms. The fraction of sp³-hybridized carbons (Fsp3) is 0.231. The molecule has 2 fully saturated rings. The first kappa shape index (κ1) is 19.9. The van der Waals surface area contributed by atoms with Crippen LogP contribution in [0.3, 0.4) is 0 Å². The molecule has 3 aromatic rings. The van der Waals surface area contributed by atoms with Gasteiger partial charge in [0.1, 0.15) is 0 Å². The minimum absolute atomic E-state index is 0.214. The summed E-state index contributed by atoms with van der Waals surface area (Å²) in [6.07, 6.45) is 5.62. The van der Waals surface area contributed by atoms with Crippen LogP contribution in [0.5, 0.6) is 0 Å². The Hall–Kier alpha value is -3.05. The molecule has 0 saturated carbocycles. The van der Waals surface area contributed by atoms with Gasteiger partial charge in [-0.3, -0.25) is 14.5 Å². The molecule has 4 nitrogen and oxygen atoms in total. The monoisotopic (exact) mass is 428 g/mol. The van der Waals surface area contributed by atoms with Gasteiger partial charge >= 0.3 is 0 Å². The van der Waals surface area contributed by atoms with E-state index in [-0.39, 0.29) is 17.7 Å². The van der Waals surface area contributed by atoms with E-state index >= 15 is 0 Å². The van der Waals surface area contributed by atoms with Crippen LogP contribution in [0.15, 0.2) is 71.6 Å². The summed E-state index contributed by atoms with van der Waals surface area (Å²) in [5.74, 6) is -0.219. The number of hydrogen-bond donors (Lipinski definition) is 0. The van der Waals surface area contributed by atoms with Crippen molar-refractivity contribution in [2.45, 2.75) is 25.8 Å². The van der Waals surface area contributed by atoms with Crippen molar-refractivity contribution in [2.24, 2.45) is 0 Å². The van der Waals surface area contributed by atoms with E-state index in [1.165, 1.54) is 29.8 Å². The highest BCUT2D eigenvalue weighted by molar-refractivity contribution is 8.18. The second-order valence-electron chi connectivity index (χ2n) is 8.05. The molecule has 31 heavy (non-hydrogen) atoms. The lowest BCUT2D eigenvalue weighted by Gasteiger charge is -2.28. The number of anilines is 1. The van der Waals surface area contributed by atoms with E-state index in [9.17, 15) is 9.59 Å². The lowest BCUT2D eigenvalue weighted by Crippen LogP contribution is -2.29. The van der Waals surface area contributed by atoms with Crippen LogP contribution >= 0.6 is 11.8 Å². The summed E-state index contributed by atoms with van der Waals surface area (Å²) in [6, 6.07) is 22.3. The van der Waals surface area contributed by atoms with Gasteiger partial charge in [0.2, 0.25) is 0 Å². The first-order chi connectivity index (χ1) is 15.2. The molecule has 0 spiro atoms. The maximum atomic E-state index is 13.0. The highest BCUT2D eigenvalue weighted by Gasteiger charge is 2.35. The van der Waals surface area contributed by atoms with E-state index in [1.807, 2.05) is 60.7 Å². The Bertz CT molecular complexity index is 1160. The highest BCUT2D eigenvalue weighted by Crippen LogP contribution is 2.34. The molecule has 156 valence electrons. The van der Waals surface area contributed by atoms with E-state index in [4.69, 9.17) is 0 Å². The molecule has 0 N–H and O–H groups in total. The van der Waals surface area contributed by atoms with Crippen LogP contribution in [0, 0.1) is 0 Å². The fourth-order valence-electron chi connectivity index (χ4n) is 4.32. The first-order valence-corrected chi connectivity index (χ1v) is 11.6. The Labute approximate surface area is 186 Å². The number of hydrogen-bond acceptors (Lipinski definition) is 4. The van der Waals surface area contributed by atoms with Crippen molar-refractivity contribution in [3.05, 3.63) is 82.8 Å². The Morgan fingerprint density at radius 2 is 1.58 bits per heavy atom. The van der Waals surface area contributed by atoms with Crippen LogP contribution in [0.2, 0.25) is 0 Å². The molecule has 2 saturated heterocycles. The van der Waals surface area contributed by atoms with E-state index < -0.39 is 0 Å². The highest BCUT2D eigenvalue weighted by atomic mass is 32.2. The minimum Gasteiger partial charge on any atom is -0.372 e. The zero-order chi connectivity index (χ0) is 21.2. The summed E-state index contributed by atoms with van der Waals surface area (Å²) in [7, 11) is 0. The summed E-state index contributed by atoms with van der Waals surface area (Å²) in [5, 5.41) is 1.96. The van der Waals surface area contributed by atoms with Gasteiger partial charge in [-0.25, -0.2) is 0 Å². The second kappa shape index (κ2) is 8.60. The predicted octanol–water partition coefficient (Wildman–Crippen LogP) is 6.07. The topological polar surface area (TPSA) is 40.6 Å². The lowest BCUT2D eigenvalue weighted by atomic mass is 10.0. The number of fused-ring (bicyclic) bond motifs is 1. The molecule has 5 rings (SSSR count). The maximum Gasteiger partial charge on any atom is 0.293 e. The number of carbonyl (C=O) groups is 2. The molecule has 3 aromatic carbocycles. The number of carbonyl (C=O) groups excluding carboxylic acids is 2. The maximum absolute atomic E-state index is 13.0. The Balaban J connectivity index is 1.34. The van der Waals surface area contributed by atoms with Gasteiger partial charge in [-0.1, -0.05) is 54.6 Å². The second-order valence-corrected chi connectivity index (χ2v) is 9.04. The van der Waals surface area contributed by atoms with Crippen molar-refractivity contribution in [1.29, 1.82) is 0 Å². The van der Waals surface area contributed by atoms with E-state index in [2.05, 4.69) is 17.0 Å². The fourth-order valence-corrected chi connectivity index (χ4v) is 5.16. The van der Waals surface area contributed by atoms with E-state index in [0.29, 0.717) is 4.91 Å². The third kappa shape index (κ3) is 4.10. The number of nitrogens with zero attached hydrogens (tertiary/aromatic N) is 2. The van der Waals surface area contributed by atoms with Gasteiger partial charge in [0.15, 0.2) is 0 Å². The predicted molar refractivity (Wildman–Crippen MR) is 128 cm³/mol. The van der Waals surface area contributed by atoms with Gasteiger partial charge in [0.05, 0.1) is 11.4 Å². The van der Waals surface area contributed by atoms with Crippen molar-refractivity contribution >= 4 is 45.4 Å². The molecule has 2 aliphatic rings. The zero-order valence-electron chi connectivity index (χ0n) is 17.3. The average molecular weight is 429 g/mol. The van der Waals surface area contributed by atoms with Gasteiger partial charge < -0.3 is 4.90 Å². The first-order valence-electron chi connectivity index (χ1n) is 10.8. The third-order valence-electron chi connectivity index (χ3n) is 5.99. The van der Waals surface area contributed by atoms with Gasteiger partial charge in [-0.15, -0.1) is 0 Å². The van der Waals surface area contributed by atoms with Crippen LogP contribution in [0.1, 0.15) is 30.4 Å². The van der Waals surface area contributed by atoms with E-state index in [1.54, 1.807) is 0 Å². The molecule has 0 atom stereocenters. The van der Waals surface area contributed by atoms with E-state index in [0.717, 1.165) is 46.8 Å². The molecule has 5 heteroatoms.